The molecule has 2 aliphatic rings. The minimum Gasteiger partial charge on any atom is -0.481 e. The summed E-state index contributed by atoms with van der Waals surface area (Å²) in [5, 5.41) is 9.37. The second-order valence-electron chi connectivity index (χ2n) is 7.95. The molecule has 0 amide bonds. The molecule has 2 rings (SSSR count). The third-order valence-corrected chi connectivity index (χ3v) is 6.32. The summed E-state index contributed by atoms with van der Waals surface area (Å²) in [4.78, 5) is 11.4. The standard InChI is InChI=1S/C20H34O2/c1-3-4-19(20(21)22)18-13-11-17(12-14-18)10-9-16-7-5-15(2)6-8-16/h3,15-19H,1,4-14H2,2H3,(H,21,22)/t15-,16-,17-,18-,19?. The Balaban J connectivity index is 1.68. The van der Waals surface area contributed by atoms with Gasteiger partial charge in [0.05, 0.1) is 5.92 Å². The molecule has 0 aromatic heterocycles. The number of rotatable bonds is 7. The quantitative estimate of drug-likeness (QED) is 0.615. The first-order valence-electron chi connectivity index (χ1n) is 9.43. The summed E-state index contributed by atoms with van der Waals surface area (Å²) in [7, 11) is 0. The van der Waals surface area contributed by atoms with Crippen LogP contribution in [0.3, 0.4) is 0 Å². The van der Waals surface area contributed by atoms with Gasteiger partial charge in [-0.2, -0.15) is 0 Å². The van der Waals surface area contributed by atoms with Crippen molar-refractivity contribution in [2.24, 2.45) is 29.6 Å². The van der Waals surface area contributed by atoms with Crippen LogP contribution in [0.5, 0.6) is 0 Å². The van der Waals surface area contributed by atoms with Crippen LogP contribution < -0.4 is 0 Å². The number of hydrogen-bond donors (Lipinski definition) is 1. The van der Waals surface area contributed by atoms with Gasteiger partial charge in [0, 0.05) is 0 Å². The molecule has 0 saturated heterocycles. The molecule has 0 aromatic carbocycles. The van der Waals surface area contributed by atoms with Crippen molar-refractivity contribution in [3.8, 4) is 0 Å². The molecule has 2 heteroatoms. The van der Waals surface area contributed by atoms with E-state index in [0.29, 0.717) is 12.3 Å². The number of carbonyl (C=O) groups is 1. The van der Waals surface area contributed by atoms with Crippen molar-refractivity contribution in [1.82, 2.24) is 0 Å². The van der Waals surface area contributed by atoms with Crippen LogP contribution in [-0.4, -0.2) is 11.1 Å². The van der Waals surface area contributed by atoms with Gasteiger partial charge in [-0.25, -0.2) is 0 Å². The number of carboxylic acids is 1. The summed E-state index contributed by atoms with van der Waals surface area (Å²) in [5.74, 6) is 2.33. The number of aliphatic carboxylic acids is 1. The monoisotopic (exact) mass is 306 g/mol. The zero-order valence-electron chi connectivity index (χ0n) is 14.3. The molecule has 0 bridgehead atoms. The van der Waals surface area contributed by atoms with E-state index in [1.54, 1.807) is 6.08 Å². The van der Waals surface area contributed by atoms with Gasteiger partial charge in [-0.1, -0.05) is 64.4 Å². The Morgan fingerprint density at radius 2 is 1.55 bits per heavy atom. The largest absolute Gasteiger partial charge is 0.481 e. The van der Waals surface area contributed by atoms with Crippen molar-refractivity contribution >= 4 is 5.97 Å². The van der Waals surface area contributed by atoms with Gasteiger partial charge in [0.15, 0.2) is 0 Å². The minimum atomic E-state index is -0.625. The van der Waals surface area contributed by atoms with Crippen LogP contribution in [-0.2, 0) is 4.79 Å². The van der Waals surface area contributed by atoms with Crippen molar-refractivity contribution in [2.45, 2.75) is 77.6 Å². The van der Waals surface area contributed by atoms with Crippen LogP contribution >= 0.6 is 0 Å². The Morgan fingerprint density at radius 3 is 2.00 bits per heavy atom. The van der Waals surface area contributed by atoms with Crippen LogP contribution in [0.4, 0.5) is 0 Å². The normalized spacial score (nSPS) is 34.0. The van der Waals surface area contributed by atoms with Gasteiger partial charge >= 0.3 is 5.97 Å². The van der Waals surface area contributed by atoms with Crippen LogP contribution in [0.2, 0.25) is 0 Å². The molecule has 0 radical (unpaired) electrons. The molecule has 1 unspecified atom stereocenters. The van der Waals surface area contributed by atoms with Crippen LogP contribution in [0.25, 0.3) is 0 Å². The van der Waals surface area contributed by atoms with Crippen molar-refractivity contribution < 1.29 is 9.90 Å². The Bertz CT molecular complexity index is 347. The summed E-state index contributed by atoms with van der Waals surface area (Å²) < 4.78 is 0. The summed E-state index contributed by atoms with van der Waals surface area (Å²) in [6.45, 7) is 6.10. The fourth-order valence-corrected chi connectivity index (χ4v) is 4.64. The molecule has 2 nitrogen and oxygen atoms in total. The molecule has 0 aromatic rings. The average Bonchev–Trinajstić information content (AvgIpc) is 2.52. The lowest BCUT2D eigenvalue weighted by Crippen LogP contribution is -2.27. The summed E-state index contributed by atoms with van der Waals surface area (Å²) in [6.07, 6.45) is 15.6. The highest BCUT2D eigenvalue weighted by Crippen LogP contribution is 2.39. The highest BCUT2D eigenvalue weighted by atomic mass is 16.4. The van der Waals surface area contributed by atoms with Gasteiger partial charge in [-0.3, -0.25) is 4.79 Å². The topological polar surface area (TPSA) is 37.3 Å². The third kappa shape index (κ3) is 5.14. The maximum absolute atomic E-state index is 11.4. The Hall–Kier alpha value is -0.790. The number of carboxylic acid groups (broad SMARTS) is 1. The zero-order chi connectivity index (χ0) is 15.9. The van der Waals surface area contributed by atoms with E-state index in [4.69, 9.17) is 0 Å². The van der Waals surface area contributed by atoms with Crippen LogP contribution in [0.15, 0.2) is 12.7 Å². The lowest BCUT2D eigenvalue weighted by molar-refractivity contribution is -0.144. The fraction of sp³-hybridized carbons (Fsp3) is 0.850. The summed E-state index contributed by atoms with van der Waals surface area (Å²) in [6, 6.07) is 0. The molecule has 0 heterocycles. The van der Waals surface area contributed by atoms with Gasteiger partial charge < -0.3 is 5.11 Å². The van der Waals surface area contributed by atoms with Gasteiger partial charge in [-0.15, -0.1) is 6.58 Å². The Morgan fingerprint density at radius 1 is 1.05 bits per heavy atom. The van der Waals surface area contributed by atoms with E-state index in [1.165, 1.54) is 51.4 Å². The first-order valence-corrected chi connectivity index (χ1v) is 9.43. The van der Waals surface area contributed by atoms with Gasteiger partial charge in [-0.05, 0) is 42.9 Å². The SMILES string of the molecule is C=CCC(C(=O)O)[C@H]1CC[C@H](CC[C@H]2CC[C@H](C)CC2)CC1. The third-order valence-electron chi connectivity index (χ3n) is 6.32. The van der Waals surface area contributed by atoms with Crippen molar-refractivity contribution in [1.29, 1.82) is 0 Å². The van der Waals surface area contributed by atoms with Crippen molar-refractivity contribution in [2.75, 3.05) is 0 Å². The Kier molecular flexibility index (Phi) is 6.98. The molecule has 1 N–H and O–H groups in total. The molecule has 22 heavy (non-hydrogen) atoms. The molecule has 0 spiro atoms. The maximum atomic E-state index is 11.4. The van der Waals surface area contributed by atoms with Crippen LogP contribution in [0, 0.1) is 29.6 Å². The maximum Gasteiger partial charge on any atom is 0.307 e. The Labute approximate surface area is 136 Å². The van der Waals surface area contributed by atoms with Crippen molar-refractivity contribution in [3.63, 3.8) is 0 Å². The molecule has 0 aliphatic heterocycles. The zero-order valence-corrected chi connectivity index (χ0v) is 14.3. The predicted molar refractivity (Wildman–Crippen MR) is 91.7 cm³/mol. The molecule has 2 fully saturated rings. The van der Waals surface area contributed by atoms with E-state index in [9.17, 15) is 9.90 Å². The van der Waals surface area contributed by atoms with Crippen molar-refractivity contribution in [3.05, 3.63) is 12.7 Å². The number of hydrogen-bond acceptors (Lipinski definition) is 1. The van der Waals surface area contributed by atoms with Gasteiger partial charge in [0.1, 0.15) is 0 Å². The minimum absolute atomic E-state index is 0.196. The lowest BCUT2D eigenvalue weighted by Gasteiger charge is -2.33. The predicted octanol–water partition coefficient (Wildman–Crippen LogP) is 5.68. The summed E-state index contributed by atoms with van der Waals surface area (Å²) >= 11 is 0. The van der Waals surface area contributed by atoms with E-state index < -0.39 is 5.97 Å². The van der Waals surface area contributed by atoms with Gasteiger partial charge in [0.2, 0.25) is 0 Å². The first kappa shape index (κ1) is 17.6. The van der Waals surface area contributed by atoms with E-state index in [2.05, 4.69) is 13.5 Å². The fourth-order valence-electron chi connectivity index (χ4n) is 4.64. The van der Waals surface area contributed by atoms with Gasteiger partial charge in [0.25, 0.3) is 0 Å². The van der Waals surface area contributed by atoms with E-state index in [1.807, 2.05) is 0 Å². The molecule has 2 saturated carbocycles. The molecular formula is C20H34O2. The second-order valence-corrected chi connectivity index (χ2v) is 7.95. The molecular weight excluding hydrogens is 272 g/mol. The molecule has 126 valence electrons. The highest BCUT2D eigenvalue weighted by molar-refractivity contribution is 5.70. The first-order chi connectivity index (χ1) is 10.6. The van der Waals surface area contributed by atoms with E-state index in [0.717, 1.165) is 30.6 Å². The van der Waals surface area contributed by atoms with E-state index in [-0.39, 0.29) is 5.92 Å². The molecule has 2 aliphatic carbocycles. The second kappa shape index (κ2) is 8.74. The smallest absolute Gasteiger partial charge is 0.307 e. The lowest BCUT2D eigenvalue weighted by atomic mass is 9.72. The van der Waals surface area contributed by atoms with E-state index >= 15 is 0 Å². The summed E-state index contributed by atoms with van der Waals surface area (Å²) in [5.41, 5.74) is 0. The number of allylic oxidation sites excluding steroid dienone is 1. The van der Waals surface area contributed by atoms with Crippen LogP contribution in [0.1, 0.15) is 77.6 Å². The highest BCUT2D eigenvalue weighted by Gasteiger charge is 2.31. The average molecular weight is 306 g/mol. The molecule has 1 atom stereocenters.